The van der Waals surface area contributed by atoms with Crippen molar-refractivity contribution in [1.82, 2.24) is 29.4 Å². The zero-order chi connectivity index (χ0) is 24.5. The molecule has 3 aromatic rings. The molecule has 0 amide bonds. The summed E-state index contributed by atoms with van der Waals surface area (Å²) in [6.07, 6.45) is 5.16. The summed E-state index contributed by atoms with van der Waals surface area (Å²) in [4.78, 5) is 13.4. The number of nitrogens with zero attached hydrogens (tertiary/aromatic N) is 6. The molecule has 3 saturated heterocycles. The number of nitrogens with one attached hydrogen (secondary N) is 3. The number of H-pyrrole nitrogens is 1. The van der Waals surface area contributed by atoms with Crippen LogP contribution in [-0.4, -0.2) is 80.3 Å². The van der Waals surface area contributed by atoms with Crippen molar-refractivity contribution in [2.24, 2.45) is 0 Å². The van der Waals surface area contributed by atoms with Gasteiger partial charge in [0, 0.05) is 55.9 Å². The van der Waals surface area contributed by atoms with E-state index in [0.717, 1.165) is 73.2 Å². The highest BCUT2D eigenvalue weighted by Gasteiger charge is 2.40. The molecular weight excluding hydrogens is 494 g/mol. The Hall–Kier alpha value is -2.43. The summed E-state index contributed by atoms with van der Waals surface area (Å²) >= 11 is 3.47. The second-order valence-corrected chi connectivity index (χ2v) is 12.1. The highest BCUT2D eigenvalue weighted by molar-refractivity contribution is 7.99. The third-order valence-corrected chi connectivity index (χ3v) is 9.43. The molecular formula is C24H31N9OS2. The average Bonchev–Trinajstić information content (AvgIpc) is 3.53. The Morgan fingerprint density at radius 2 is 2.03 bits per heavy atom. The number of thiophene rings is 1. The third kappa shape index (κ3) is 5.17. The molecule has 3 aliphatic rings. The number of hydrogen-bond donors (Lipinski definition) is 3. The van der Waals surface area contributed by atoms with E-state index in [1.165, 1.54) is 17.1 Å². The lowest BCUT2D eigenvalue weighted by Gasteiger charge is -2.38. The molecule has 0 saturated carbocycles. The molecule has 2 unspecified atom stereocenters. The maximum atomic E-state index is 9.02. The van der Waals surface area contributed by atoms with Crippen LogP contribution in [0.1, 0.15) is 37.8 Å². The van der Waals surface area contributed by atoms with Crippen LogP contribution >= 0.6 is 23.3 Å². The van der Waals surface area contributed by atoms with Gasteiger partial charge in [0.15, 0.2) is 5.82 Å². The van der Waals surface area contributed by atoms with E-state index in [0.29, 0.717) is 30.5 Å². The molecule has 0 radical (unpaired) electrons. The van der Waals surface area contributed by atoms with Crippen LogP contribution in [0.2, 0.25) is 0 Å². The smallest absolute Gasteiger partial charge is 0.226 e. The van der Waals surface area contributed by atoms with E-state index in [9.17, 15) is 0 Å². The molecule has 3 aromatic heterocycles. The average molecular weight is 526 g/mol. The highest BCUT2D eigenvalue weighted by atomic mass is 32.2. The van der Waals surface area contributed by atoms with E-state index in [1.54, 1.807) is 23.3 Å². The van der Waals surface area contributed by atoms with Crippen LogP contribution < -0.4 is 10.6 Å². The van der Waals surface area contributed by atoms with Crippen molar-refractivity contribution in [2.75, 3.05) is 43.5 Å². The van der Waals surface area contributed by atoms with E-state index in [4.69, 9.17) is 20.0 Å². The van der Waals surface area contributed by atoms with Crippen LogP contribution in [0.15, 0.2) is 16.3 Å². The van der Waals surface area contributed by atoms with Gasteiger partial charge in [-0.3, -0.25) is 10.00 Å². The SMILES string of the molecule is Cc1cc(Nc2nc(NC3CC4CCC(C3)N4CCC#N)nc3sc(SN4CCOCC4)cc23)n[nH]1. The molecule has 0 spiro atoms. The second-order valence-electron chi connectivity index (χ2n) is 9.72. The molecule has 36 heavy (non-hydrogen) atoms. The molecule has 6 heterocycles. The molecule has 0 aromatic carbocycles. The number of fused-ring (bicyclic) bond motifs is 3. The number of nitriles is 1. The first-order chi connectivity index (χ1) is 17.6. The number of ether oxygens (including phenoxy) is 1. The Morgan fingerprint density at radius 1 is 1.22 bits per heavy atom. The summed E-state index contributed by atoms with van der Waals surface area (Å²) in [5, 5.41) is 24.5. The zero-order valence-corrected chi connectivity index (χ0v) is 22.0. The number of rotatable bonds is 8. The van der Waals surface area contributed by atoms with Gasteiger partial charge in [-0.1, -0.05) is 0 Å². The third-order valence-electron chi connectivity index (χ3n) is 7.21. The Bertz CT molecular complexity index is 1230. The number of anilines is 3. The molecule has 6 rings (SSSR count). The maximum absolute atomic E-state index is 9.02. The normalized spacial score (nSPS) is 24.7. The summed E-state index contributed by atoms with van der Waals surface area (Å²) in [7, 11) is 0. The molecule has 2 bridgehead atoms. The van der Waals surface area contributed by atoms with Gasteiger partial charge in [-0.25, -0.2) is 9.29 Å². The minimum atomic E-state index is 0.334. The van der Waals surface area contributed by atoms with Crippen LogP contribution in [0.3, 0.4) is 0 Å². The van der Waals surface area contributed by atoms with Gasteiger partial charge in [-0.15, -0.1) is 11.3 Å². The highest BCUT2D eigenvalue weighted by Crippen LogP contribution is 2.39. The van der Waals surface area contributed by atoms with Crippen LogP contribution in [0.5, 0.6) is 0 Å². The van der Waals surface area contributed by atoms with E-state index < -0.39 is 0 Å². The van der Waals surface area contributed by atoms with Crippen LogP contribution in [0.4, 0.5) is 17.6 Å². The minimum Gasteiger partial charge on any atom is -0.379 e. The fraction of sp³-hybridized carbons (Fsp3) is 0.583. The minimum absolute atomic E-state index is 0.334. The second kappa shape index (κ2) is 10.5. The molecule has 10 nitrogen and oxygen atoms in total. The van der Waals surface area contributed by atoms with Crippen molar-refractivity contribution in [1.29, 1.82) is 5.26 Å². The number of aromatic nitrogens is 4. The van der Waals surface area contributed by atoms with Crippen molar-refractivity contribution in [3.8, 4) is 6.07 Å². The van der Waals surface area contributed by atoms with Gasteiger partial charge < -0.3 is 15.4 Å². The van der Waals surface area contributed by atoms with E-state index in [-0.39, 0.29) is 0 Å². The molecule has 12 heteroatoms. The zero-order valence-electron chi connectivity index (χ0n) is 20.4. The van der Waals surface area contributed by atoms with Crippen molar-refractivity contribution in [2.45, 2.75) is 61.4 Å². The Balaban J connectivity index is 1.24. The summed E-state index contributed by atoms with van der Waals surface area (Å²) in [5.74, 6) is 2.18. The molecule has 0 aliphatic carbocycles. The topological polar surface area (TPSA) is 118 Å². The number of aromatic amines is 1. The van der Waals surface area contributed by atoms with Crippen LogP contribution in [-0.2, 0) is 4.74 Å². The van der Waals surface area contributed by atoms with Crippen LogP contribution in [0.25, 0.3) is 10.2 Å². The predicted molar refractivity (Wildman–Crippen MR) is 143 cm³/mol. The lowest BCUT2D eigenvalue weighted by Crippen LogP contribution is -2.47. The quantitative estimate of drug-likeness (QED) is 0.371. The lowest BCUT2D eigenvalue weighted by molar-refractivity contribution is 0.0774. The number of aryl methyl sites for hydroxylation is 1. The fourth-order valence-corrected chi connectivity index (χ4v) is 7.82. The fourth-order valence-electron chi connectivity index (χ4n) is 5.59. The van der Waals surface area contributed by atoms with Gasteiger partial charge in [-0.05, 0) is 50.6 Å². The summed E-state index contributed by atoms with van der Waals surface area (Å²) in [6, 6.07) is 7.88. The van der Waals surface area contributed by atoms with Gasteiger partial charge in [0.2, 0.25) is 5.95 Å². The number of hydrogen-bond acceptors (Lipinski definition) is 11. The Labute approximate surface area is 218 Å². The molecule has 3 aliphatic heterocycles. The Morgan fingerprint density at radius 3 is 2.75 bits per heavy atom. The van der Waals surface area contributed by atoms with Gasteiger partial charge in [0.1, 0.15) is 10.6 Å². The van der Waals surface area contributed by atoms with Crippen LogP contribution in [0, 0.1) is 18.3 Å². The number of morpholine rings is 1. The molecule has 3 N–H and O–H groups in total. The summed E-state index contributed by atoms with van der Waals surface area (Å²) < 4.78 is 9.04. The maximum Gasteiger partial charge on any atom is 0.226 e. The number of piperidine rings is 1. The van der Waals surface area contributed by atoms with Gasteiger partial charge in [-0.2, -0.15) is 15.3 Å². The summed E-state index contributed by atoms with van der Waals surface area (Å²) in [5.41, 5.74) is 0.994. The van der Waals surface area contributed by atoms with Gasteiger partial charge >= 0.3 is 0 Å². The van der Waals surface area contributed by atoms with Crippen molar-refractivity contribution in [3.63, 3.8) is 0 Å². The predicted octanol–water partition coefficient (Wildman–Crippen LogP) is 4.13. The first-order valence-corrected chi connectivity index (χ1v) is 14.2. The first kappa shape index (κ1) is 23.9. The Kier molecular flexibility index (Phi) is 6.99. The first-order valence-electron chi connectivity index (χ1n) is 12.6. The van der Waals surface area contributed by atoms with Crippen molar-refractivity contribution in [3.05, 3.63) is 17.8 Å². The standard InChI is InChI=1S/C24H31N9OS2/c1-15-11-20(31-30-15)27-22-19-14-21(36-32-7-9-34-10-8-32)35-23(19)29-24(28-22)26-16-12-17-3-4-18(13-16)33(17)6-2-5-25/h11,14,16-18H,2-4,6-10,12-13H2,1H3,(H3,26,27,28,29,30,31). The van der Waals surface area contributed by atoms with Crippen molar-refractivity contribution >= 4 is 51.1 Å². The van der Waals surface area contributed by atoms with Gasteiger partial charge in [0.05, 0.1) is 28.9 Å². The van der Waals surface area contributed by atoms with Gasteiger partial charge in [0.25, 0.3) is 0 Å². The summed E-state index contributed by atoms with van der Waals surface area (Å²) in [6.45, 7) is 6.26. The molecule has 3 fully saturated rings. The van der Waals surface area contributed by atoms with Crippen molar-refractivity contribution < 1.29 is 4.74 Å². The van der Waals surface area contributed by atoms with E-state index >= 15 is 0 Å². The molecule has 190 valence electrons. The monoisotopic (exact) mass is 525 g/mol. The van der Waals surface area contributed by atoms with E-state index in [1.807, 2.05) is 13.0 Å². The lowest BCUT2D eigenvalue weighted by atomic mass is 9.97. The largest absolute Gasteiger partial charge is 0.379 e. The molecule has 2 atom stereocenters. The van der Waals surface area contributed by atoms with E-state index in [2.05, 4.69) is 42.2 Å².